The lowest BCUT2D eigenvalue weighted by Gasteiger charge is -2.45. The lowest BCUT2D eigenvalue weighted by Crippen LogP contribution is -2.58. The zero-order valence-electron chi connectivity index (χ0n) is 15.5. The van der Waals surface area contributed by atoms with Crippen molar-refractivity contribution in [1.29, 1.82) is 0 Å². The van der Waals surface area contributed by atoms with Gasteiger partial charge >= 0.3 is 0 Å². The molecule has 1 saturated heterocycles. The molecule has 1 fully saturated rings. The number of hydrogen-bond acceptors (Lipinski definition) is 4. The van der Waals surface area contributed by atoms with Crippen molar-refractivity contribution in [3.63, 3.8) is 0 Å². The standard InChI is InChI=1S/C20H26N2O3S/c1-4-25-19-10-12-20(13-11-19)26(23,24)21-14-16(2)22(17(3)15-21)18-8-6-5-7-9-18/h5-13,16-17H,4,14-15H2,1-3H3. The Hall–Kier alpha value is -2.05. The Labute approximate surface area is 156 Å². The molecule has 2 aromatic carbocycles. The van der Waals surface area contributed by atoms with Crippen LogP contribution < -0.4 is 9.64 Å². The third-order valence-corrected chi connectivity index (χ3v) is 6.56. The predicted octanol–water partition coefficient (Wildman–Crippen LogP) is 3.37. The monoisotopic (exact) mass is 374 g/mol. The highest BCUT2D eigenvalue weighted by molar-refractivity contribution is 7.89. The average molecular weight is 375 g/mol. The maximum atomic E-state index is 13.1. The van der Waals surface area contributed by atoms with E-state index in [9.17, 15) is 8.42 Å². The van der Waals surface area contributed by atoms with Crippen LogP contribution in [-0.2, 0) is 10.0 Å². The minimum Gasteiger partial charge on any atom is -0.494 e. The van der Waals surface area contributed by atoms with Crippen LogP contribution in [0.4, 0.5) is 5.69 Å². The third kappa shape index (κ3) is 3.71. The molecule has 6 heteroatoms. The number of rotatable bonds is 5. The number of anilines is 1. The van der Waals surface area contributed by atoms with Crippen molar-refractivity contribution in [2.45, 2.75) is 37.8 Å². The van der Waals surface area contributed by atoms with Crippen molar-refractivity contribution < 1.29 is 13.2 Å². The Balaban J connectivity index is 1.80. The Morgan fingerprint density at radius 3 is 2.08 bits per heavy atom. The van der Waals surface area contributed by atoms with Gasteiger partial charge in [0.2, 0.25) is 10.0 Å². The van der Waals surface area contributed by atoms with Gasteiger partial charge in [-0.3, -0.25) is 0 Å². The Morgan fingerprint density at radius 1 is 0.962 bits per heavy atom. The second-order valence-corrected chi connectivity index (χ2v) is 8.61. The van der Waals surface area contributed by atoms with Gasteiger partial charge in [-0.1, -0.05) is 18.2 Å². The molecular weight excluding hydrogens is 348 g/mol. The Kier molecular flexibility index (Phi) is 5.53. The van der Waals surface area contributed by atoms with Crippen LogP contribution in [0, 0.1) is 0 Å². The van der Waals surface area contributed by atoms with Gasteiger partial charge in [-0.15, -0.1) is 0 Å². The van der Waals surface area contributed by atoms with E-state index >= 15 is 0 Å². The summed E-state index contributed by atoms with van der Waals surface area (Å²) < 4.78 is 33.1. The first kappa shape index (κ1) is 18.7. The van der Waals surface area contributed by atoms with E-state index in [0.29, 0.717) is 30.3 Å². The second-order valence-electron chi connectivity index (χ2n) is 6.67. The van der Waals surface area contributed by atoms with Gasteiger partial charge in [0.25, 0.3) is 0 Å². The van der Waals surface area contributed by atoms with Crippen LogP contribution in [0.5, 0.6) is 5.75 Å². The normalized spacial score (nSPS) is 21.6. The molecule has 140 valence electrons. The largest absolute Gasteiger partial charge is 0.494 e. The van der Waals surface area contributed by atoms with Crippen LogP contribution >= 0.6 is 0 Å². The number of sulfonamides is 1. The van der Waals surface area contributed by atoms with Crippen molar-refractivity contribution in [2.75, 3.05) is 24.6 Å². The van der Waals surface area contributed by atoms with E-state index in [1.54, 1.807) is 28.6 Å². The molecule has 3 rings (SSSR count). The number of hydrogen-bond donors (Lipinski definition) is 0. The summed E-state index contributed by atoms with van der Waals surface area (Å²) in [5, 5.41) is 0. The maximum Gasteiger partial charge on any atom is 0.243 e. The molecule has 0 aliphatic carbocycles. The summed E-state index contributed by atoms with van der Waals surface area (Å²) in [5.41, 5.74) is 1.13. The summed E-state index contributed by atoms with van der Waals surface area (Å²) in [4.78, 5) is 2.61. The SMILES string of the molecule is CCOc1ccc(S(=O)(=O)N2CC(C)N(c3ccccc3)C(C)C2)cc1. The molecular formula is C20H26N2O3S. The lowest BCUT2D eigenvalue weighted by molar-refractivity contribution is 0.301. The number of piperazine rings is 1. The van der Waals surface area contributed by atoms with Crippen LogP contribution in [0.15, 0.2) is 59.5 Å². The van der Waals surface area contributed by atoms with Crippen LogP contribution in [0.25, 0.3) is 0 Å². The van der Waals surface area contributed by atoms with Gasteiger partial charge < -0.3 is 9.64 Å². The van der Waals surface area contributed by atoms with E-state index in [0.717, 1.165) is 5.69 Å². The zero-order chi connectivity index (χ0) is 18.7. The van der Waals surface area contributed by atoms with Crippen LogP contribution in [0.2, 0.25) is 0 Å². The quantitative estimate of drug-likeness (QED) is 0.805. The fraction of sp³-hybridized carbons (Fsp3) is 0.400. The molecule has 0 radical (unpaired) electrons. The van der Waals surface area contributed by atoms with Gasteiger partial charge in [-0.05, 0) is 57.2 Å². The number of para-hydroxylation sites is 1. The summed E-state index contributed by atoms with van der Waals surface area (Å²) in [7, 11) is -3.51. The first-order valence-electron chi connectivity index (χ1n) is 9.00. The molecule has 1 aliphatic rings. The molecule has 0 aromatic heterocycles. The van der Waals surface area contributed by atoms with E-state index in [2.05, 4.69) is 30.9 Å². The molecule has 5 nitrogen and oxygen atoms in total. The third-order valence-electron chi connectivity index (χ3n) is 4.71. The van der Waals surface area contributed by atoms with Gasteiger partial charge in [0, 0.05) is 30.9 Å². The van der Waals surface area contributed by atoms with E-state index < -0.39 is 10.0 Å². The molecule has 0 saturated carbocycles. The molecule has 2 atom stereocenters. The summed E-state index contributed by atoms with van der Waals surface area (Å²) in [5.74, 6) is 0.682. The number of benzene rings is 2. The maximum absolute atomic E-state index is 13.1. The number of ether oxygens (including phenoxy) is 1. The van der Waals surface area contributed by atoms with Crippen LogP contribution in [0.1, 0.15) is 20.8 Å². The molecule has 0 amide bonds. The van der Waals surface area contributed by atoms with Crippen molar-refractivity contribution in [3.8, 4) is 5.75 Å². The van der Waals surface area contributed by atoms with E-state index in [-0.39, 0.29) is 12.1 Å². The molecule has 26 heavy (non-hydrogen) atoms. The summed E-state index contributed by atoms with van der Waals surface area (Å²) >= 11 is 0. The summed E-state index contributed by atoms with van der Waals surface area (Å²) in [6.45, 7) is 7.54. The highest BCUT2D eigenvalue weighted by atomic mass is 32.2. The molecule has 1 heterocycles. The van der Waals surface area contributed by atoms with E-state index in [1.165, 1.54) is 0 Å². The molecule has 2 aromatic rings. The lowest BCUT2D eigenvalue weighted by atomic mass is 10.1. The molecule has 0 spiro atoms. The van der Waals surface area contributed by atoms with Crippen LogP contribution in [-0.4, -0.2) is 44.5 Å². The fourth-order valence-corrected chi connectivity index (χ4v) is 5.21. The van der Waals surface area contributed by atoms with Crippen molar-refractivity contribution in [3.05, 3.63) is 54.6 Å². The smallest absolute Gasteiger partial charge is 0.243 e. The first-order valence-corrected chi connectivity index (χ1v) is 10.4. The Morgan fingerprint density at radius 2 is 1.54 bits per heavy atom. The van der Waals surface area contributed by atoms with Crippen LogP contribution in [0.3, 0.4) is 0 Å². The molecule has 0 bridgehead atoms. The van der Waals surface area contributed by atoms with Gasteiger partial charge in [0.05, 0.1) is 11.5 Å². The van der Waals surface area contributed by atoms with Crippen molar-refractivity contribution in [1.82, 2.24) is 4.31 Å². The molecule has 2 unspecified atom stereocenters. The van der Waals surface area contributed by atoms with Gasteiger partial charge in [-0.25, -0.2) is 8.42 Å². The summed E-state index contributed by atoms with van der Waals surface area (Å²) in [6.07, 6.45) is 0. The topological polar surface area (TPSA) is 49.9 Å². The van der Waals surface area contributed by atoms with Gasteiger partial charge in [0.15, 0.2) is 0 Å². The number of nitrogens with zero attached hydrogens (tertiary/aromatic N) is 2. The van der Waals surface area contributed by atoms with Gasteiger partial charge in [0.1, 0.15) is 5.75 Å². The van der Waals surface area contributed by atoms with Crippen molar-refractivity contribution in [2.24, 2.45) is 0 Å². The predicted molar refractivity (Wildman–Crippen MR) is 104 cm³/mol. The van der Waals surface area contributed by atoms with E-state index in [1.807, 2.05) is 25.1 Å². The van der Waals surface area contributed by atoms with Gasteiger partial charge in [-0.2, -0.15) is 4.31 Å². The van der Waals surface area contributed by atoms with Crippen molar-refractivity contribution >= 4 is 15.7 Å². The minimum absolute atomic E-state index is 0.0959. The first-order chi connectivity index (χ1) is 12.4. The highest BCUT2D eigenvalue weighted by Gasteiger charge is 2.36. The molecule has 0 N–H and O–H groups in total. The fourth-order valence-electron chi connectivity index (χ4n) is 3.60. The zero-order valence-corrected chi connectivity index (χ0v) is 16.3. The average Bonchev–Trinajstić information content (AvgIpc) is 2.63. The molecule has 1 aliphatic heterocycles. The summed E-state index contributed by atoms with van der Waals surface area (Å²) in [6, 6.07) is 17.0. The highest BCUT2D eigenvalue weighted by Crippen LogP contribution is 2.28. The van der Waals surface area contributed by atoms with E-state index in [4.69, 9.17) is 4.74 Å². The second kappa shape index (κ2) is 7.68. The minimum atomic E-state index is -3.51. The Bertz CT molecular complexity index is 810.